The van der Waals surface area contributed by atoms with E-state index in [1.54, 1.807) is 0 Å². The van der Waals surface area contributed by atoms with E-state index in [-0.39, 0.29) is 0 Å². The van der Waals surface area contributed by atoms with Crippen molar-refractivity contribution in [2.75, 3.05) is 7.05 Å². The van der Waals surface area contributed by atoms with Gasteiger partial charge in [-0.1, -0.05) is 19.4 Å². The summed E-state index contributed by atoms with van der Waals surface area (Å²) in [5.74, 6) is 0. The lowest BCUT2D eigenvalue weighted by Gasteiger charge is -2.23. The molecule has 0 heterocycles. The van der Waals surface area contributed by atoms with Gasteiger partial charge in [-0.05, 0) is 69.0 Å². The number of benzene rings is 1. The highest BCUT2D eigenvalue weighted by molar-refractivity contribution is 5.45. The predicted octanol–water partition coefficient (Wildman–Crippen LogP) is 3.98. The zero-order valence-electron chi connectivity index (χ0n) is 11.6. The Kier molecular flexibility index (Phi) is 4.55. The molecule has 1 N–H and O–H groups in total. The van der Waals surface area contributed by atoms with Crippen molar-refractivity contribution in [1.29, 1.82) is 0 Å². The summed E-state index contributed by atoms with van der Waals surface area (Å²) in [7, 11) is 2.07. The molecule has 1 rings (SSSR count). The lowest BCUT2D eigenvalue weighted by atomic mass is 9.88. The van der Waals surface area contributed by atoms with Crippen LogP contribution in [0.25, 0.3) is 0 Å². The molecule has 0 saturated carbocycles. The minimum absolute atomic E-state index is 0.503. The minimum Gasteiger partial charge on any atom is -0.313 e. The first-order valence-corrected chi connectivity index (χ1v) is 6.27. The van der Waals surface area contributed by atoms with Crippen molar-refractivity contribution in [2.45, 2.75) is 53.5 Å². The van der Waals surface area contributed by atoms with E-state index in [1.807, 2.05) is 0 Å². The number of rotatable bonds is 4. The molecule has 0 aliphatic carbocycles. The van der Waals surface area contributed by atoms with Crippen LogP contribution < -0.4 is 5.32 Å². The third-order valence-electron chi connectivity index (χ3n) is 3.70. The normalized spacial score (nSPS) is 12.9. The third-order valence-corrected chi connectivity index (χ3v) is 3.70. The largest absolute Gasteiger partial charge is 0.313 e. The molecule has 16 heavy (non-hydrogen) atoms. The fourth-order valence-electron chi connectivity index (χ4n) is 2.49. The molecule has 0 bridgehead atoms. The second-order valence-corrected chi connectivity index (χ2v) is 4.80. The van der Waals surface area contributed by atoms with E-state index < -0.39 is 0 Å². The van der Waals surface area contributed by atoms with Gasteiger partial charge in [0, 0.05) is 6.04 Å². The molecule has 1 nitrogen and oxygen atoms in total. The molecule has 0 fully saturated rings. The van der Waals surface area contributed by atoms with Gasteiger partial charge < -0.3 is 5.32 Å². The molecular weight excluding hydrogens is 194 g/mol. The molecule has 0 amide bonds. The molecule has 1 atom stereocenters. The standard InChI is InChI=1S/C15H25N/c1-7-8-14(16-6)15-12(4)10(2)9-11(3)13(15)5/h9,14,16H,7-8H2,1-6H3. The quantitative estimate of drug-likeness (QED) is 0.807. The van der Waals surface area contributed by atoms with Crippen LogP contribution in [0, 0.1) is 27.7 Å². The van der Waals surface area contributed by atoms with Gasteiger partial charge in [0.2, 0.25) is 0 Å². The number of hydrogen-bond acceptors (Lipinski definition) is 1. The molecule has 0 aliphatic rings. The van der Waals surface area contributed by atoms with Crippen LogP contribution in [0.15, 0.2) is 6.07 Å². The summed E-state index contributed by atoms with van der Waals surface area (Å²) in [6.07, 6.45) is 2.43. The molecule has 1 aromatic carbocycles. The smallest absolute Gasteiger partial charge is 0.0322 e. The van der Waals surface area contributed by atoms with E-state index in [1.165, 1.54) is 40.7 Å². The first-order valence-electron chi connectivity index (χ1n) is 6.27. The lowest BCUT2D eigenvalue weighted by Crippen LogP contribution is -2.19. The number of nitrogens with one attached hydrogen (secondary N) is 1. The number of aryl methyl sites for hydroxylation is 2. The average molecular weight is 219 g/mol. The van der Waals surface area contributed by atoms with Crippen molar-refractivity contribution < 1.29 is 0 Å². The Morgan fingerprint density at radius 3 is 1.94 bits per heavy atom. The van der Waals surface area contributed by atoms with E-state index in [0.717, 1.165) is 0 Å². The fraction of sp³-hybridized carbons (Fsp3) is 0.600. The molecule has 1 heteroatoms. The SMILES string of the molecule is CCCC(NC)c1c(C)c(C)cc(C)c1C. The first kappa shape index (κ1) is 13.2. The summed E-state index contributed by atoms with van der Waals surface area (Å²) in [6, 6.07) is 2.80. The Morgan fingerprint density at radius 2 is 1.56 bits per heavy atom. The van der Waals surface area contributed by atoms with Gasteiger partial charge >= 0.3 is 0 Å². The Labute approximate surface area is 100 Å². The Balaban J connectivity index is 3.29. The molecule has 0 spiro atoms. The maximum Gasteiger partial charge on any atom is 0.0322 e. The van der Waals surface area contributed by atoms with Crippen LogP contribution in [-0.2, 0) is 0 Å². The summed E-state index contributed by atoms with van der Waals surface area (Å²) in [4.78, 5) is 0. The highest BCUT2D eigenvalue weighted by atomic mass is 14.9. The van der Waals surface area contributed by atoms with E-state index in [0.29, 0.717) is 6.04 Å². The maximum absolute atomic E-state index is 3.46. The van der Waals surface area contributed by atoms with Crippen LogP contribution in [0.1, 0.15) is 53.6 Å². The summed E-state index contributed by atoms with van der Waals surface area (Å²) < 4.78 is 0. The van der Waals surface area contributed by atoms with Gasteiger partial charge in [0.05, 0.1) is 0 Å². The zero-order valence-corrected chi connectivity index (χ0v) is 11.6. The Hall–Kier alpha value is -0.820. The monoisotopic (exact) mass is 219 g/mol. The highest BCUT2D eigenvalue weighted by Gasteiger charge is 2.16. The molecule has 1 unspecified atom stereocenters. The average Bonchev–Trinajstić information content (AvgIpc) is 2.25. The second-order valence-electron chi connectivity index (χ2n) is 4.80. The van der Waals surface area contributed by atoms with Gasteiger partial charge in [0.15, 0.2) is 0 Å². The molecule has 1 aromatic rings. The van der Waals surface area contributed by atoms with Crippen molar-refractivity contribution in [3.05, 3.63) is 33.9 Å². The topological polar surface area (TPSA) is 12.0 Å². The molecule has 0 aliphatic heterocycles. The fourth-order valence-corrected chi connectivity index (χ4v) is 2.49. The van der Waals surface area contributed by atoms with Crippen LogP contribution in [0.2, 0.25) is 0 Å². The Morgan fingerprint density at radius 1 is 1.06 bits per heavy atom. The van der Waals surface area contributed by atoms with Gasteiger partial charge in [-0.3, -0.25) is 0 Å². The molecular formula is C15H25N. The van der Waals surface area contributed by atoms with Gasteiger partial charge in [-0.15, -0.1) is 0 Å². The van der Waals surface area contributed by atoms with Gasteiger partial charge in [-0.25, -0.2) is 0 Å². The van der Waals surface area contributed by atoms with Gasteiger partial charge in [0.25, 0.3) is 0 Å². The highest BCUT2D eigenvalue weighted by Crippen LogP contribution is 2.29. The van der Waals surface area contributed by atoms with E-state index in [2.05, 4.69) is 53.0 Å². The second kappa shape index (κ2) is 5.49. The van der Waals surface area contributed by atoms with E-state index in [9.17, 15) is 0 Å². The minimum atomic E-state index is 0.503. The van der Waals surface area contributed by atoms with Crippen molar-refractivity contribution in [3.63, 3.8) is 0 Å². The third kappa shape index (κ3) is 2.46. The van der Waals surface area contributed by atoms with Crippen molar-refractivity contribution in [1.82, 2.24) is 5.32 Å². The molecule has 90 valence electrons. The van der Waals surface area contributed by atoms with Gasteiger partial charge in [-0.2, -0.15) is 0 Å². The zero-order chi connectivity index (χ0) is 12.3. The summed E-state index contributed by atoms with van der Waals surface area (Å²) >= 11 is 0. The summed E-state index contributed by atoms with van der Waals surface area (Å²) in [5.41, 5.74) is 7.25. The Bertz CT molecular complexity index is 340. The molecule has 0 radical (unpaired) electrons. The molecule has 0 aromatic heterocycles. The van der Waals surface area contributed by atoms with E-state index >= 15 is 0 Å². The van der Waals surface area contributed by atoms with Crippen LogP contribution in [0.3, 0.4) is 0 Å². The van der Waals surface area contributed by atoms with Crippen molar-refractivity contribution in [3.8, 4) is 0 Å². The molecule has 0 saturated heterocycles. The first-order chi connectivity index (χ1) is 7.52. The van der Waals surface area contributed by atoms with Crippen LogP contribution in [-0.4, -0.2) is 7.05 Å². The summed E-state index contributed by atoms with van der Waals surface area (Å²) in [6.45, 7) is 11.2. The van der Waals surface area contributed by atoms with Crippen LogP contribution in [0.5, 0.6) is 0 Å². The van der Waals surface area contributed by atoms with Crippen molar-refractivity contribution >= 4 is 0 Å². The van der Waals surface area contributed by atoms with Crippen LogP contribution in [0.4, 0.5) is 0 Å². The predicted molar refractivity (Wildman–Crippen MR) is 72.1 cm³/mol. The van der Waals surface area contributed by atoms with Crippen LogP contribution >= 0.6 is 0 Å². The summed E-state index contributed by atoms with van der Waals surface area (Å²) in [5, 5.41) is 3.46. The lowest BCUT2D eigenvalue weighted by molar-refractivity contribution is 0.536. The van der Waals surface area contributed by atoms with Crippen molar-refractivity contribution in [2.24, 2.45) is 0 Å². The van der Waals surface area contributed by atoms with E-state index in [4.69, 9.17) is 0 Å². The van der Waals surface area contributed by atoms with Gasteiger partial charge in [0.1, 0.15) is 0 Å². The maximum atomic E-state index is 3.46. The number of hydrogen-bond donors (Lipinski definition) is 1.